The van der Waals surface area contributed by atoms with Crippen molar-refractivity contribution in [3.05, 3.63) is 35.7 Å². The molecule has 1 unspecified atom stereocenters. The summed E-state index contributed by atoms with van der Waals surface area (Å²) in [6.45, 7) is 4.70. The first kappa shape index (κ1) is 13.5. The second-order valence-corrected chi connectivity index (χ2v) is 4.20. The largest absolute Gasteiger partial charge is 0.307 e. The molecule has 0 amide bonds. The van der Waals surface area contributed by atoms with Gasteiger partial charge in [-0.15, -0.1) is 5.10 Å². The normalized spacial score (nSPS) is 12.6. The molecule has 5 nitrogen and oxygen atoms in total. The predicted octanol–water partition coefficient (Wildman–Crippen LogP) is 2.00. The molecule has 1 aromatic heterocycles. The summed E-state index contributed by atoms with van der Waals surface area (Å²) in [7, 11) is 0. The van der Waals surface area contributed by atoms with E-state index in [4.69, 9.17) is 0 Å². The van der Waals surface area contributed by atoms with E-state index in [1.54, 1.807) is 0 Å². The molecule has 0 spiro atoms. The average molecular weight is 267 g/mol. The number of aromatic nitrogens is 4. The first-order valence-electron chi connectivity index (χ1n) is 6.11. The molecule has 1 aromatic carbocycles. The highest BCUT2D eigenvalue weighted by Gasteiger charge is 2.18. The third kappa shape index (κ3) is 2.76. The van der Waals surface area contributed by atoms with Gasteiger partial charge in [0.1, 0.15) is 5.69 Å². The van der Waals surface area contributed by atoms with Crippen molar-refractivity contribution in [3.63, 3.8) is 0 Å². The lowest BCUT2D eigenvalue weighted by Crippen LogP contribution is -2.23. The van der Waals surface area contributed by atoms with E-state index in [-0.39, 0.29) is 11.7 Å². The van der Waals surface area contributed by atoms with Gasteiger partial charge in [-0.05, 0) is 42.4 Å². The van der Waals surface area contributed by atoms with E-state index in [1.807, 2.05) is 13.8 Å². The summed E-state index contributed by atoms with van der Waals surface area (Å²) in [6, 6.07) is 3.76. The number of hydrogen-bond donors (Lipinski definition) is 1. The Hall–Kier alpha value is -1.89. The van der Waals surface area contributed by atoms with Gasteiger partial charge in [-0.3, -0.25) is 0 Å². The minimum absolute atomic E-state index is 0.00477. The van der Waals surface area contributed by atoms with Crippen molar-refractivity contribution in [3.8, 4) is 5.69 Å². The van der Waals surface area contributed by atoms with Crippen LogP contribution in [0.2, 0.25) is 0 Å². The van der Waals surface area contributed by atoms with Gasteiger partial charge in [-0.2, -0.15) is 4.68 Å². The molecule has 0 aliphatic carbocycles. The SMILES string of the molecule is CCCNC(C)c1nnnn1-c1cccc(F)c1F. The number of nitrogens with one attached hydrogen (secondary N) is 1. The maximum absolute atomic E-state index is 13.7. The monoisotopic (exact) mass is 267 g/mol. The molecule has 7 heteroatoms. The van der Waals surface area contributed by atoms with Crippen molar-refractivity contribution in [1.29, 1.82) is 0 Å². The van der Waals surface area contributed by atoms with Crippen LogP contribution in [0.3, 0.4) is 0 Å². The van der Waals surface area contributed by atoms with E-state index in [1.165, 1.54) is 16.8 Å². The minimum Gasteiger partial charge on any atom is -0.307 e. The first-order valence-corrected chi connectivity index (χ1v) is 6.11. The van der Waals surface area contributed by atoms with Crippen LogP contribution in [0.1, 0.15) is 32.1 Å². The molecule has 0 radical (unpaired) electrons. The van der Waals surface area contributed by atoms with Gasteiger partial charge in [0.15, 0.2) is 17.5 Å². The van der Waals surface area contributed by atoms with Gasteiger partial charge in [-0.25, -0.2) is 8.78 Å². The Morgan fingerprint density at radius 2 is 2.16 bits per heavy atom. The van der Waals surface area contributed by atoms with Crippen molar-refractivity contribution in [1.82, 2.24) is 25.5 Å². The summed E-state index contributed by atoms with van der Waals surface area (Å²) in [5.74, 6) is -1.44. The maximum atomic E-state index is 13.7. The molecule has 0 saturated heterocycles. The summed E-state index contributed by atoms with van der Waals surface area (Å²) in [5.41, 5.74) is 0.00477. The fraction of sp³-hybridized carbons (Fsp3) is 0.417. The van der Waals surface area contributed by atoms with Gasteiger partial charge >= 0.3 is 0 Å². The van der Waals surface area contributed by atoms with Crippen LogP contribution in [0.15, 0.2) is 18.2 Å². The number of nitrogens with zero attached hydrogens (tertiary/aromatic N) is 4. The smallest absolute Gasteiger partial charge is 0.184 e. The molecule has 1 atom stereocenters. The zero-order chi connectivity index (χ0) is 13.8. The third-order valence-electron chi connectivity index (χ3n) is 2.74. The summed E-state index contributed by atoms with van der Waals surface area (Å²) >= 11 is 0. The molecule has 2 aromatic rings. The van der Waals surface area contributed by atoms with Gasteiger partial charge in [0.05, 0.1) is 6.04 Å². The Bertz CT molecular complexity index is 555. The quantitative estimate of drug-likeness (QED) is 0.900. The van der Waals surface area contributed by atoms with Gasteiger partial charge in [0.2, 0.25) is 0 Å². The maximum Gasteiger partial charge on any atom is 0.184 e. The van der Waals surface area contributed by atoms with Gasteiger partial charge in [-0.1, -0.05) is 13.0 Å². The second kappa shape index (κ2) is 5.83. The molecule has 1 N–H and O–H groups in total. The Kier molecular flexibility index (Phi) is 4.16. The Balaban J connectivity index is 2.36. The predicted molar refractivity (Wildman–Crippen MR) is 65.8 cm³/mol. The zero-order valence-corrected chi connectivity index (χ0v) is 10.8. The topological polar surface area (TPSA) is 55.6 Å². The number of halogens is 2. The first-order chi connectivity index (χ1) is 9.15. The van der Waals surface area contributed by atoms with Crippen molar-refractivity contribution >= 4 is 0 Å². The Morgan fingerprint density at radius 3 is 2.89 bits per heavy atom. The fourth-order valence-corrected chi connectivity index (χ4v) is 1.74. The van der Waals surface area contributed by atoms with Crippen molar-refractivity contribution < 1.29 is 8.78 Å². The van der Waals surface area contributed by atoms with E-state index in [9.17, 15) is 8.78 Å². The molecule has 0 aliphatic rings. The molecular formula is C12H15F2N5. The van der Waals surface area contributed by atoms with Crippen molar-refractivity contribution in [2.45, 2.75) is 26.3 Å². The van der Waals surface area contributed by atoms with Crippen molar-refractivity contribution in [2.75, 3.05) is 6.54 Å². The highest BCUT2D eigenvalue weighted by atomic mass is 19.2. The van der Waals surface area contributed by atoms with E-state index in [2.05, 4.69) is 20.8 Å². The Morgan fingerprint density at radius 1 is 1.37 bits per heavy atom. The molecule has 0 fully saturated rings. The number of tetrazole rings is 1. The second-order valence-electron chi connectivity index (χ2n) is 4.20. The van der Waals surface area contributed by atoms with Crippen LogP contribution >= 0.6 is 0 Å². The summed E-state index contributed by atoms with van der Waals surface area (Å²) in [6.07, 6.45) is 0.959. The van der Waals surface area contributed by atoms with Crippen LogP contribution in [-0.4, -0.2) is 26.8 Å². The zero-order valence-electron chi connectivity index (χ0n) is 10.8. The molecule has 1 heterocycles. The average Bonchev–Trinajstić information content (AvgIpc) is 2.88. The van der Waals surface area contributed by atoms with Crippen LogP contribution in [0.5, 0.6) is 0 Å². The third-order valence-corrected chi connectivity index (χ3v) is 2.74. The highest BCUT2D eigenvalue weighted by molar-refractivity contribution is 5.33. The molecule has 0 saturated carbocycles. The number of benzene rings is 1. The summed E-state index contributed by atoms with van der Waals surface area (Å²) in [4.78, 5) is 0. The fourth-order valence-electron chi connectivity index (χ4n) is 1.74. The lowest BCUT2D eigenvalue weighted by Gasteiger charge is -2.13. The van der Waals surface area contributed by atoms with Crippen LogP contribution < -0.4 is 5.32 Å². The van der Waals surface area contributed by atoms with Crippen LogP contribution in [0.25, 0.3) is 5.69 Å². The van der Waals surface area contributed by atoms with E-state index in [0.29, 0.717) is 5.82 Å². The molecule has 2 rings (SSSR count). The van der Waals surface area contributed by atoms with Gasteiger partial charge in [0.25, 0.3) is 0 Å². The van der Waals surface area contributed by atoms with Crippen molar-refractivity contribution in [2.24, 2.45) is 0 Å². The van der Waals surface area contributed by atoms with Gasteiger partial charge < -0.3 is 5.32 Å². The molecule has 0 bridgehead atoms. The van der Waals surface area contributed by atoms with E-state index >= 15 is 0 Å². The highest BCUT2D eigenvalue weighted by Crippen LogP contribution is 2.18. The van der Waals surface area contributed by atoms with Crippen LogP contribution in [0.4, 0.5) is 8.78 Å². The Labute approximate surface area is 109 Å². The lowest BCUT2D eigenvalue weighted by molar-refractivity contribution is 0.490. The number of rotatable bonds is 5. The van der Waals surface area contributed by atoms with Gasteiger partial charge in [0, 0.05) is 0 Å². The van der Waals surface area contributed by atoms with E-state index < -0.39 is 11.6 Å². The summed E-state index contributed by atoms with van der Waals surface area (Å²) < 4.78 is 28.2. The molecule has 102 valence electrons. The molecule has 0 aliphatic heterocycles. The standard InChI is InChI=1S/C12H15F2N5/c1-3-7-15-8(2)12-16-17-18-19(12)10-6-4-5-9(13)11(10)14/h4-6,8,15H,3,7H2,1-2H3. The van der Waals surface area contributed by atoms with Crippen LogP contribution in [0, 0.1) is 11.6 Å². The molecular weight excluding hydrogens is 252 g/mol. The minimum atomic E-state index is -0.959. The van der Waals surface area contributed by atoms with Crippen LogP contribution in [-0.2, 0) is 0 Å². The summed E-state index contributed by atoms with van der Waals surface area (Å²) in [5, 5.41) is 14.3. The number of hydrogen-bond acceptors (Lipinski definition) is 4. The van der Waals surface area contributed by atoms with E-state index in [0.717, 1.165) is 19.0 Å². The molecule has 19 heavy (non-hydrogen) atoms. The lowest BCUT2D eigenvalue weighted by atomic mass is 10.2.